The van der Waals surface area contributed by atoms with Gasteiger partial charge in [0.2, 0.25) is 5.28 Å². The van der Waals surface area contributed by atoms with Crippen LogP contribution >= 0.6 is 22.9 Å². The number of nitrogens with one attached hydrogen (secondary N) is 1. The Morgan fingerprint density at radius 3 is 2.95 bits per heavy atom. The summed E-state index contributed by atoms with van der Waals surface area (Å²) >= 11 is 7.30. The van der Waals surface area contributed by atoms with Gasteiger partial charge in [-0.1, -0.05) is 6.92 Å². The van der Waals surface area contributed by atoms with Crippen molar-refractivity contribution in [1.82, 2.24) is 20.3 Å². The van der Waals surface area contributed by atoms with Gasteiger partial charge in [-0.15, -0.1) is 11.3 Å². The van der Waals surface area contributed by atoms with Crippen molar-refractivity contribution >= 4 is 28.8 Å². The Kier molecular flexibility index (Phi) is 4.44. The number of halogens is 1. The van der Waals surface area contributed by atoms with Crippen LogP contribution in [0.25, 0.3) is 0 Å². The van der Waals surface area contributed by atoms with Gasteiger partial charge in [0.1, 0.15) is 5.69 Å². The van der Waals surface area contributed by atoms with E-state index < -0.39 is 0 Å². The minimum atomic E-state index is -0.254. The van der Waals surface area contributed by atoms with Gasteiger partial charge < -0.3 is 5.32 Å². The average molecular weight is 297 g/mol. The summed E-state index contributed by atoms with van der Waals surface area (Å²) in [5.74, 6) is -0.0850. The normalized spacial score (nSPS) is 12.2. The summed E-state index contributed by atoms with van der Waals surface area (Å²) in [6.45, 7) is 4.28. The fourth-order valence-corrected chi connectivity index (χ4v) is 2.47. The molecule has 0 aromatic carbocycles. The molecule has 7 heteroatoms. The molecule has 0 aliphatic rings. The van der Waals surface area contributed by atoms with Crippen LogP contribution in [0.1, 0.15) is 34.0 Å². The molecule has 0 saturated heterocycles. The molecule has 100 valence electrons. The molecule has 1 unspecified atom stereocenters. The Hall–Kier alpha value is -1.53. The van der Waals surface area contributed by atoms with E-state index in [0.29, 0.717) is 12.2 Å². The molecule has 1 amide bonds. The SMILES string of the molecule is Cc1cc(C(=O)NCC(C)c2nccs2)nc(Cl)n1. The second kappa shape index (κ2) is 6.08. The molecule has 0 spiro atoms. The molecular formula is C12H13ClN4OS. The quantitative estimate of drug-likeness (QED) is 0.880. The first-order valence-electron chi connectivity index (χ1n) is 5.75. The van der Waals surface area contributed by atoms with E-state index in [2.05, 4.69) is 20.3 Å². The van der Waals surface area contributed by atoms with Crippen molar-refractivity contribution in [2.24, 2.45) is 0 Å². The van der Waals surface area contributed by atoms with Gasteiger partial charge in [0.25, 0.3) is 5.91 Å². The summed E-state index contributed by atoms with van der Waals surface area (Å²) in [6, 6.07) is 1.61. The monoisotopic (exact) mass is 296 g/mol. The lowest BCUT2D eigenvalue weighted by Crippen LogP contribution is -2.28. The maximum Gasteiger partial charge on any atom is 0.270 e. The van der Waals surface area contributed by atoms with E-state index in [1.165, 1.54) is 0 Å². The Labute approximate surface area is 120 Å². The summed E-state index contributed by atoms with van der Waals surface area (Å²) in [4.78, 5) is 24.0. The lowest BCUT2D eigenvalue weighted by atomic mass is 10.2. The molecule has 2 heterocycles. The summed E-state index contributed by atoms with van der Waals surface area (Å²) < 4.78 is 0. The molecule has 2 aromatic rings. The number of carbonyl (C=O) groups is 1. The second-order valence-corrected chi connectivity index (χ2v) is 5.41. The van der Waals surface area contributed by atoms with Gasteiger partial charge in [-0.25, -0.2) is 15.0 Å². The van der Waals surface area contributed by atoms with Crippen molar-refractivity contribution in [1.29, 1.82) is 0 Å². The predicted molar refractivity (Wildman–Crippen MR) is 74.6 cm³/mol. The van der Waals surface area contributed by atoms with Crippen molar-refractivity contribution in [2.75, 3.05) is 6.54 Å². The van der Waals surface area contributed by atoms with Gasteiger partial charge >= 0.3 is 0 Å². The molecule has 5 nitrogen and oxygen atoms in total. The van der Waals surface area contributed by atoms with Crippen LogP contribution in [-0.2, 0) is 0 Å². The Morgan fingerprint density at radius 2 is 2.32 bits per heavy atom. The largest absolute Gasteiger partial charge is 0.350 e. The first-order chi connectivity index (χ1) is 9.06. The van der Waals surface area contributed by atoms with E-state index in [1.807, 2.05) is 12.3 Å². The van der Waals surface area contributed by atoms with Crippen LogP contribution in [0.4, 0.5) is 0 Å². The van der Waals surface area contributed by atoms with Gasteiger partial charge in [-0.05, 0) is 24.6 Å². The van der Waals surface area contributed by atoms with Gasteiger partial charge in [0.15, 0.2) is 0 Å². The maximum atomic E-state index is 11.9. The maximum absolute atomic E-state index is 11.9. The van der Waals surface area contributed by atoms with Gasteiger partial charge in [-0.2, -0.15) is 0 Å². The molecule has 0 bridgehead atoms. The molecular weight excluding hydrogens is 284 g/mol. The molecule has 1 N–H and O–H groups in total. The second-order valence-electron chi connectivity index (χ2n) is 4.15. The topological polar surface area (TPSA) is 67.8 Å². The molecule has 0 radical (unpaired) electrons. The zero-order valence-electron chi connectivity index (χ0n) is 10.6. The third-order valence-electron chi connectivity index (χ3n) is 2.50. The van der Waals surface area contributed by atoms with E-state index in [9.17, 15) is 4.79 Å². The van der Waals surface area contributed by atoms with Crippen LogP contribution in [0.5, 0.6) is 0 Å². The number of aryl methyl sites for hydroxylation is 1. The predicted octanol–water partition coefficient (Wildman–Crippen LogP) is 2.43. The molecule has 0 aliphatic carbocycles. The molecule has 0 aliphatic heterocycles. The van der Waals surface area contributed by atoms with Gasteiger partial charge in [0.05, 0.1) is 5.01 Å². The molecule has 2 rings (SSSR count). The van der Waals surface area contributed by atoms with E-state index in [4.69, 9.17) is 11.6 Å². The summed E-state index contributed by atoms with van der Waals surface area (Å²) in [5, 5.41) is 5.82. The molecule has 0 fully saturated rings. The first-order valence-corrected chi connectivity index (χ1v) is 7.01. The number of aromatic nitrogens is 3. The fourth-order valence-electron chi connectivity index (χ4n) is 1.55. The highest BCUT2D eigenvalue weighted by Crippen LogP contribution is 2.16. The zero-order chi connectivity index (χ0) is 13.8. The van der Waals surface area contributed by atoms with Crippen molar-refractivity contribution in [2.45, 2.75) is 19.8 Å². The number of hydrogen-bond donors (Lipinski definition) is 1. The Bertz CT molecular complexity index is 553. The van der Waals surface area contributed by atoms with Crippen LogP contribution in [0.2, 0.25) is 5.28 Å². The lowest BCUT2D eigenvalue weighted by Gasteiger charge is -2.10. The van der Waals surface area contributed by atoms with Gasteiger partial charge in [0, 0.05) is 29.7 Å². The number of thiazole rings is 1. The number of amides is 1. The molecule has 1 atom stereocenters. The standard InChI is InChI=1S/C12H13ClN4OS/c1-7(11-14-3-4-19-11)6-15-10(18)9-5-8(2)16-12(13)17-9/h3-5,7H,6H2,1-2H3,(H,15,18). The van der Waals surface area contributed by atoms with E-state index in [1.54, 1.807) is 30.5 Å². The molecule has 0 saturated carbocycles. The first kappa shape index (κ1) is 13.9. The minimum absolute atomic E-state index is 0.0816. The van der Waals surface area contributed by atoms with Crippen LogP contribution < -0.4 is 5.32 Å². The number of rotatable bonds is 4. The van der Waals surface area contributed by atoms with Crippen molar-refractivity contribution < 1.29 is 4.79 Å². The zero-order valence-corrected chi connectivity index (χ0v) is 12.1. The fraction of sp³-hybridized carbons (Fsp3) is 0.333. The van der Waals surface area contributed by atoms with Crippen LogP contribution in [-0.4, -0.2) is 27.4 Å². The number of carbonyl (C=O) groups excluding carboxylic acids is 1. The van der Waals surface area contributed by atoms with E-state index in [-0.39, 0.29) is 22.8 Å². The summed E-state index contributed by atoms with van der Waals surface area (Å²) in [6.07, 6.45) is 1.76. The smallest absolute Gasteiger partial charge is 0.270 e. The van der Waals surface area contributed by atoms with E-state index in [0.717, 1.165) is 5.01 Å². The highest BCUT2D eigenvalue weighted by Gasteiger charge is 2.13. The highest BCUT2D eigenvalue weighted by atomic mass is 35.5. The summed E-state index contributed by atoms with van der Waals surface area (Å²) in [5.41, 5.74) is 0.946. The minimum Gasteiger partial charge on any atom is -0.350 e. The number of hydrogen-bond acceptors (Lipinski definition) is 5. The molecule has 2 aromatic heterocycles. The summed E-state index contributed by atoms with van der Waals surface area (Å²) in [7, 11) is 0. The van der Waals surface area contributed by atoms with Crippen molar-refractivity contribution in [3.63, 3.8) is 0 Å². The van der Waals surface area contributed by atoms with Crippen molar-refractivity contribution in [3.05, 3.63) is 39.3 Å². The highest BCUT2D eigenvalue weighted by molar-refractivity contribution is 7.09. The third kappa shape index (κ3) is 3.71. The lowest BCUT2D eigenvalue weighted by molar-refractivity contribution is 0.0946. The molecule has 19 heavy (non-hydrogen) atoms. The van der Waals surface area contributed by atoms with Gasteiger partial charge in [-0.3, -0.25) is 4.79 Å². The van der Waals surface area contributed by atoms with E-state index >= 15 is 0 Å². The van der Waals surface area contributed by atoms with Crippen LogP contribution in [0, 0.1) is 6.92 Å². The third-order valence-corrected chi connectivity index (χ3v) is 3.68. The van der Waals surface area contributed by atoms with Crippen LogP contribution in [0.3, 0.4) is 0 Å². The Morgan fingerprint density at radius 1 is 1.53 bits per heavy atom. The number of nitrogens with zero attached hydrogens (tertiary/aromatic N) is 3. The Balaban J connectivity index is 1.98. The average Bonchev–Trinajstić information content (AvgIpc) is 2.88. The van der Waals surface area contributed by atoms with Crippen molar-refractivity contribution in [3.8, 4) is 0 Å². The van der Waals surface area contributed by atoms with Crippen LogP contribution in [0.15, 0.2) is 17.6 Å².